The molecule has 3 aliphatic carbocycles. The summed E-state index contributed by atoms with van der Waals surface area (Å²) < 4.78 is 5.52. The summed E-state index contributed by atoms with van der Waals surface area (Å²) in [6.07, 6.45) is 0. The number of fused-ring (bicyclic) bond motifs is 12. The molecule has 0 fully saturated rings. The molecule has 228 valence electrons. The number of benzene rings is 5. The van der Waals surface area contributed by atoms with E-state index < -0.39 is 5.41 Å². The number of anilines is 1. The Bertz CT molecular complexity index is 2480. The highest BCUT2D eigenvalue weighted by Gasteiger charge is 2.63. The van der Waals surface area contributed by atoms with E-state index in [-0.39, 0.29) is 11.6 Å². The van der Waals surface area contributed by atoms with Gasteiger partial charge in [-0.3, -0.25) is 9.59 Å². The van der Waals surface area contributed by atoms with Gasteiger partial charge in [-0.2, -0.15) is 0 Å². The lowest BCUT2D eigenvalue weighted by Gasteiger charge is -2.42. The van der Waals surface area contributed by atoms with E-state index in [2.05, 4.69) is 30.9 Å². The molecule has 1 spiro atoms. The van der Waals surface area contributed by atoms with Crippen molar-refractivity contribution in [1.82, 2.24) is 9.97 Å². The zero-order chi connectivity index (χ0) is 32.5. The van der Waals surface area contributed by atoms with Gasteiger partial charge in [0, 0.05) is 44.7 Å². The van der Waals surface area contributed by atoms with Gasteiger partial charge in [-0.15, -0.1) is 0 Å². The minimum absolute atomic E-state index is 0.112. The first-order chi connectivity index (χ1) is 23.4. The zero-order valence-electron chi connectivity index (χ0n) is 26.5. The van der Waals surface area contributed by atoms with Crippen LogP contribution in [0.5, 0.6) is 5.75 Å². The number of allylic oxidation sites excluding steroid dienone is 2. The van der Waals surface area contributed by atoms with Crippen molar-refractivity contribution in [2.45, 2.75) is 19.3 Å². The molecule has 6 nitrogen and oxygen atoms in total. The number of aryl methyl sites for hydroxylation is 2. The number of ketones is 2. The predicted octanol–water partition coefficient (Wildman–Crippen LogP) is 8.26. The third kappa shape index (κ3) is 3.12. The molecule has 10 rings (SSSR count). The van der Waals surface area contributed by atoms with Gasteiger partial charge in [0.15, 0.2) is 11.6 Å². The molecule has 2 heterocycles. The van der Waals surface area contributed by atoms with Crippen LogP contribution in [0.3, 0.4) is 0 Å². The van der Waals surface area contributed by atoms with Crippen molar-refractivity contribution < 1.29 is 14.3 Å². The van der Waals surface area contributed by atoms with E-state index in [1.807, 2.05) is 97.1 Å². The fourth-order valence-electron chi connectivity index (χ4n) is 8.33. The van der Waals surface area contributed by atoms with E-state index in [4.69, 9.17) is 14.7 Å². The minimum atomic E-state index is -1.30. The number of hydrogen-bond donors (Lipinski definition) is 0. The number of carbonyl (C=O) groups excluding carboxylic acids is 2. The number of ether oxygens (including phenoxy) is 1. The summed E-state index contributed by atoms with van der Waals surface area (Å²) in [7, 11) is 1.64. The Kier molecular flexibility index (Phi) is 5.20. The minimum Gasteiger partial charge on any atom is -0.497 e. The van der Waals surface area contributed by atoms with E-state index in [1.165, 1.54) is 0 Å². The van der Waals surface area contributed by atoms with Crippen molar-refractivity contribution in [1.29, 1.82) is 0 Å². The first kappa shape index (κ1) is 27.0. The molecule has 6 heteroatoms. The van der Waals surface area contributed by atoms with Crippen LogP contribution in [0.1, 0.15) is 54.2 Å². The Balaban J connectivity index is 1.42. The SMILES string of the molecule is COc1ccc(N2C3=C(C(=O)c4ccccc43)C3(C4=C2c2ccccc2C4=O)c2ccccc2-c2nc4cc(C)c(C)cc4nc23)cc1. The number of Topliss-reactive ketones (excluding diaryl/α,β-unsaturated/α-hetero) is 2. The molecule has 0 unspecified atom stereocenters. The first-order valence-electron chi connectivity index (χ1n) is 16.0. The van der Waals surface area contributed by atoms with Gasteiger partial charge in [-0.05, 0) is 66.9 Å². The predicted molar refractivity (Wildman–Crippen MR) is 186 cm³/mol. The quantitative estimate of drug-likeness (QED) is 0.194. The summed E-state index contributed by atoms with van der Waals surface area (Å²) in [4.78, 5) is 43.1. The number of hydrogen-bond acceptors (Lipinski definition) is 6. The van der Waals surface area contributed by atoms with Crippen molar-refractivity contribution in [3.63, 3.8) is 0 Å². The number of rotatable bonds is 2. The van der Waals surface area contributed by atoms with Gasteiger partial charge in [-0.1, -0.05) is 72.8 Å². The van der Waals surface area contributed by atoms with Crippen LogP contribution in [0.2, 0.25) is 0 Å². The summed E-state index contributed by atoms with van der Waals surface area (Å²) >= 11 is 0. The molecule has 4 aliphatic rings. The molecular weight excluding hydrogens is 594 g/mol. The standard InChI is InChI=1S/C42H27N3O3/c1-22-20-32-33(21-23(22)2)44-41-36(43-32)30-14-8-9-15-31(30)42(41)34-37(26-10-4-6-12-28(26)39(34)46)45(24-16-18-25(48-3)19-17-24)38-27-11-5-7-13-29(27)40(47)35(38)42/h4-21H,1-3H3. The number of methoxy groups -OCH3 is 1. The van der Waals surface area contributed by atoms with Crippen LogP contribution in [0.15, 0.2) is 120 Å². The monoisotopic (exact) mass is 621 g/mol. The van der Waals surface area contributed by atoms with Gasteiger partial charge in [0.05, 0.1) is 40.9 Å². The number of aromatic nitrogens is 2. The summed E-state index contributed by atoms with van der Waals surface area (Å²) in [6.45, 7) is 4.14. The van der Waals surface area contributed by atoms with Crippen molar-refractivity contribution >= 4 is 39.7 Å². The van der Waals surface area contributed by atoms with Gasteiger partial charge < -0.3 is 9.64 Å². The Morgan fingerprint density at radius 2 is 1.10 bits per heavy atom. The Hall–Kier alpha value is -6.14. The van der Waals surface area contributed by atoms with Crippen LogP contribution >= 0.6 is 0 Å². The third-order valence-electron chi connectivity index (χ3n) is 10.5. The Morgan fingerprint density at radius 1 is 0.604 bits per heavy atom. The van der Waals surface area contributed by atoms with Gasteiger partial charge >= 0.3 is 0 Å². The van der Waals surface area contributed by atoms with E-state index in [9.17, 15) is 0 Å². The molecule has 0 atom stereocenters. The lowest BCUT2D eigenvalue weighted by Crippen LogP contribution is -2.42. The average molecular weight is 622 g/mol. The molecule has 0 saturated carbocycles. The van der Waals surface area contributed by atoms with Gasteiger partial charge in [0.2, 0.25) is 0 Å². The average Bonchev–Trinajstić information content (AvgIpc) is 3.69. The van der Waals surface area contributed by atoms with Gasteiger partial charge in [0.25, 0.3) is 0 Å². The van der Waals surface area contributed by atoms with Crippen LogP contribution in [-0.4, -0.2) is 28.6 Å². The topological polar surface area (TPSA) is 72.4 Å². The lowest BCUT2D eigenvalue weighted by molar-refractivity contribution is 0.101. The van der Waals surface area contributed by atoms with Crippen molar-refractivity contribution in [2.75, 3.05) is 12.0 Å². The molecule has 48 heavy (non-hydrogen) atoms. The number of nitrogens with zero attached hydrogens (tertiary/aromatic N) is 3. The van der Waals surface area contributed by atoms with E-state index in [0.717, 1.165) is 61.5 Å². The summed E-state index contributed by atoms with van der Waals surface area (Å²) in [5.41, 5.74) is 11.7. The maximum Gasteiger partial charge on any atom is 0.193 e. The van der Waals surface area contributed by atoms with Crippen LogP contribution in [-0.2, 0) is 5.41 Å². The lowest BCUT2D eigenvalue weighted by atomic mass is 9.64. The highest BCUT2D eigenvalue weighted by atomic mass is 16.5. The highest BCUT2D eigenvalue weighted by Crippen LogP contribution is 2.66. The van der Waals surface area contributed by atoms with Crippen LogP contribution < -0.4 is 9.64 Å². The van der Waals surface area contributed by atoms with Crippen molar-refractivity contribution in [3.05, 3.63) is 165 Å². The molecule has 0 saturated heterocycles. The van der Waals surface area contributed by atoms with Crippen LogP contribution in [0, 0.1) is 13.8 Å². The zero-order valence-corrected chi connectivity index (χ0v) is 26.5. The van der Waals surface area contributed by atoms with Gasteiger partial charge in [0.1, 0.15) is 11.2 Å². The Labute approximate surface area is 276 Å². The van der Waals surface area contributed by atoms with E-state index >= 15 is 9.59 Å². The molecule has 1 aromatic heterocycles. The smallest absolute Gasteiger partial charge is 0.193 e. The number of carbonyl (C=O) groups is 2. The summed E-state index contributed by atoms with van der Waals surface area (Å²) in [5.74, 6) is 0.492. The summed E-state index contributed by atoms with van der Waals surface area (Å²) in [6, 6.07) is 35.5. The maximum absolute atomic E-state index is 15.1. The van der Waals surface area contributed by atoms with E-state index in [0.29, 0.717) is 39.4 Å². The molecule has 0 N–H and O–H groups in total. The second-order valence-electron chi connectivity index (χ2n) is 12.9. The molecule has 0 bridgehead atoms. The third-order valence-corrected chi connectivity index (χ3v) is 10.5. The molecule has 0 amide bonds. The molecule has 0 radical (unpaired) electrons. The summed E-state index contributed by atoms with van der Waals surface area (Å²) in [5, 5.41) is 0. The van der Waals surface area contributed by atoms with Gasteiger partial charge in [-0.25, -0.2) is 9.97 Å². The maximum atomic E-state index is 15.1. The molecule has 1 aliphatic heterocycles. The largest absolute Gasteiger partial charge is 0.497 e. The Morgan fingerprint density at radius 3 is 1.67 bits per heavy atom. The van der Waals surface area contributed by atoms with Crippen LogP contribution in [0.25, 0.3) is 33.7 Å². The fourth-order valence-corrected chi connectivity index (χ4v) is 8.33. The van der Waals surface area contributed by atoms with Crippen LogP contribution in [0.4, 0.5) is 5.69 Å². The first-order valence-corrected chi connectivity index (χ1v) is 16.0. The highest BCUT2D eigenvalue weighted by molar-refractivity contribution is 6.35. The molecule has 6 aromatic rings. The van der Waals surface area contributed by atoms with E-state index in [1.54, 1.807) is 7.11 Å². The molecule has 5 aromatic carbocycles. The second-order valence-corrected chi connectivity index (χ2v) is 12.9. The molecular formula is C42H27N3O3. The van der Waals surface area contributed by atoms with Crippen molar-refractivity contribution in [3.8, 4) is 17.0 Å². The second kappa shape index (κ2) is 9.23. The normalized spacial score (nSPS) is 16.3. The van der Waals surface area contributed by atoms with Crippen molar-refractivity contribution in [2.24, 2.45) is 0 Å². The fraction of sp³-hybridized carbons (Fsp3) is 0.0952.